The summed E-state index contributed by atoms with van der Waals surface area (Å²) in [6, 6.07) is 13.7. The van der Waals surface area contributed by atoms with Crippen LogP contribution in [0.3, 0.4) is 0 Å². The van der Waals surface area contributed by atoms with Crippen molar-refractivity contribution in [3.63, 3.8) is 0 Å². The number of halogens is 3. The molecular formula is C33H43F3N2O5. The molecule has 4 rings (SSSR count). The van der Waals surface area contributed by atoms with Crippen LogP contribution in [0.1, 0.15) is 69.6 Å². The zero-order valence-corrected chi connectivity index (χ0v) is 25.9. The van der Waals surface area contributed by atoms with E-state index in [0.717, 1.165) is 25.7 Å². The molecule has 1 amide bonds. The Labute approximate surface area is 252 Å². The molecule has 2 aliphatic rings. The fourth-order valence-electron chi connectivity index (χ4n) is 6.52. The molecule has 1 aliphatic carbocycles. The summed E-state index contributed by atoms with van der Waals surface area (Å²) in [6.45, 7) is 4.97. The average molecular weight is 605 g/mol. The van der Waals surface area contributed by atoms with Crippen LogP contribution in [0, 0.1) is 5.92 Å². The molecule has 2 atom stereocenters. The number of carbonyl (C=O) groups is 2. The van der Waals surface area contributed by atoms with E-state index in [-0.39, 0.29) is 42.2 Å². The third kappa shape index (κ3) is 7.45. The molecule has 0 unspecified atom stereocenters. The molecule has 0 aromatic heterocycles. The minimum absolute atomic E-state index is 0.0117. The van der Waals surface area contributed by atoms with Crippen LogP contribution < -0.4 is 4.74 Å². The van der Waals surface area contributed by atoms with E-state index < -0.39 is 41.5 Å². The van der Waals surface area contributed by atoms with Crippen LogP contribution in [0.15, 0.2) is 48.5 Å². The van der Waals surface area contributed by atoms with Crippen molar-refractivity contribution in [1.29, 1.82) is 0 Å². The number of hydrogen-bond donors (Lipinski definition) is 0. The van der Waals surface area contributed by atoms with Crippen LogP contribution in [0.2, 0.25) is 0 Å². The van der Waals surface area contributed by atoms with Crippen LogP contribution >= 0.6 is 0 Å². The predicted molar refractivity (Wildman–Crippen MR) is 157 cm³/mol. The Bertz CT molecular complexity index is 1270. The summed E-state index contributed by atoms with van der Waals surface area (Å²) in [6.07, 6.45) is -2.69. The summed E-state index contributed by atoms with van der Waals surface area (Å²) < 4.78 is 60.0. The number of rotatable bonds is 7. The number of methoxy groups -OCH3 is 1. The lowest BCUT2D eigenvalue weighted by Gasteiger charge is -2.46. The molecule has 10 heteroatoms. The molecule has 0 bridgehead atoms. The summed E-state index contributed by atoms with van der Waals surface area (Å²) in [5, 5.41) is 0. The van der Waals surface area contributed by atoms with Gasteiger partial charge in [0.05, 0.1) is 13.7 Å². The Morgan fingerprint density at radius 2 is 1.65 bits per heavy atom. The van der Waals surface area contributed by atoms with Gasteiger partial charge in [0.1, 0.15) is 29.1 Å². The van der Waals surface area contributed by atoms with Crippen LogP contribution in [-0.2, 0) is 32.4 Å². The van der Waals surface area contributed by atoms with Crippen molar-refractivity contribution in [2.75, 3.05) is 27.7 Å². The first-order valence-electron chi connectivity index (χ1n) is 14.8. The molecule has 1 saturated heterocycles. The predicted octanol–water partition coefficient (Wildman–Crippen LogP) is 6.83. The normalized spacial score (nSPS) is 24.6. The van der Waals surface area contributed by atoms with Crippen molar-refractivity contribution >= 4 is 12.1 Å². The molecular weight excluding hydrogens is 561 g/mol. The van der Waals surface area contributed by atoms with Gasteiger partial charge < -0.3 is 14.2 Å². The highest BCUT2D eigenvalue weighted by Gasteiger charge is 2.45. The van der Waals surface area contributed by atoms with E-state index in [9.17, 15) is 22.8 Å². The van der Waals surface area contributed by atoms with Gasteiger partial charge in [-0.2, -0.15) is 13.2 Å². The van der Waals surface area contributed by atoms with E-state index in [1.807, 2.05) is 18.2 Å². The Hall–Kier alpha value is -3.27. The quantitative estimate of drug-likeness (QED) is 0.323. The molecule has 0 spiro atoms. The molecule has 236 valence electrons. The molecule has 1 saturated carbocycles. The summed E-state index contributed by atoms with van der Waals surface area (Å²) in [4.78, 5) is 28.7. The first kappa shape index (κ1) is 32.6. The van der Waals surface area contributed by atoms with Crippen LogP contribution in [-0.4, -0.2) is 67.4 Å². The Kier molecular flexibility index (Phi) is 9.69. The minimum Gasteiger partial charge on any atom is -0.488 e. The minimum atomic E-state index is -4.65. The maximum atomic E-state index is 14.6. The van der Waals surface area contributed by atoms with Gasteiger partial charge in [0.25, 0.3) is 0 Å². The highest BCUT2D eigenvalue weighted by Crippen LogP contribution is 2.46. The first-order chi connectivity index (χ1) is 20.1. The van der Waals surface area contributed by atoms with Gasteiger partial charge in [-0.3, -0.25) is 9.80 Å². The van der Waals surface area contributed by atoms with Gasteiger partial charge in [-0.1, -0.05) is 42.5 Å². The third-order valence-corrected chi connectivity index (χ3v) is 8.66. The molecule has 1 aliphatic heterocycles. The molecule has 43 heavy (non-hydrogen) atoms. The summed E-state index contributed by atoms with van der Waals surface area (Å²) >= 11 is 0. The van der Waals surface area contributed by atoms with Crippen molar-refractivity contribution in [1.82, 2.24) is 9.80 Å². The number of alkyl halides is 3. The lowest BCUT2D eigenvalue weighted by atomic mass is 9.70. The number of carbonyl (C=O) groups excluding carboxylic acids is 2. The second kappa shape index (κ2) is 12.8. The molecule has 2 fully saturated rings. The van der Waals surface area contributed by atoms with Gasteiger partial charge in [0.15, 0.2) is 0 Å². The molecule has 7 nitrogen and oxygen atoms in total. The van der Waals surface area contributed by atoms with E-state index in [0.29, 0.717) is 0 Å². The van der Waals surface area contributed by atoms with Crippen LogP contribution in [0.25, 0.3) is 0 Å². The first-order valence-corrected chi connectivity index (χ1v) is 14.8. The number of hydrogen-bond acceptors (Lipinski definition) is 6. The van der Waals surface area contributed by atoms with E-state index in [4.69, 9.17) is 14.2 Å². The van der Waals surface area contributed by atoms with Crippen molar-refractivity contribution in [3.05, 3.63) is 65.2 Å². The van der Waals surface area contributed by atoms with Crippen LogP contribution in [0.4, 0.5) is 18.0 Å². The number of esters is 1. The van der Waals surface area contributed by atoms with Crippen molar-refractivity contribution in [3.8, 4) is 5.75 Å². The Morgan fingerprint density at radius 1 is 1.00 bits per heavy atom. The topological polar surface area (TPSA) is 68.3 Å². The SMILES string of the molecule is COC(=O)[C@@H]1C[C@H](Oc2cccc(C[C@H]3CC[C@](c4ccccc4)(N(C)C)CC3)c2C(F)(F)F)CN1C(=O)OC(C)(C)C. The standard InChI is InChI=1S/C33H43F3N2O5/c1-31(2,3)43-30(40)38-21-25(20-26(38)29(39)41-6)42-27-14-10-11-23(28(27)33(34,35)36)19-22-15-17-32(18-16-22,37(4)5)24-12-8-7-9-13-24/h7-14,22,25-26H,15-21H2,1-6H3/t22-,25-,26-,32-/m0/s1. The van der Waals surface area contributed by atoms with Crippen molar-refractivity contribution in [2.24, 2.45) is 5.92 Å². The number of amides is 1. The van der Waals surface area contributed by atoms with Gasteiger partial charge in [-0.15, -0.1) is 0 Å². The van der Waals surface area contributed by atoms with Gasteiger partial charge in [-0.25, -0.2) is 9.59 Å². The fraction of sp³-hybridized carbons (Fsp3) is 0.576. The summed E-state index contributed by atoms with van der Waals surface area (Å²) in [7, 11) is 5.32. The zero-order valence-electron chi connectivity index (χ0n) is 25.9. The van der Waals surface area contributed by atoms with E-state index >= 15 is 0 Å². The fourth-order valence-corrected chi connectivity index (χ4v) is 6.52. The lowest BCUT2D eigenvalue weighted by molar-refractivity contribution is -0.146. The lowest BCUT2D eigenvalue weighted by Crippen LogP contribution is -2.44. The van der Waals surface area contributed by atoms with Crippen molar-refractivity contribution < 1.29 is 37.0 Å². The van der Waals surface area contributed by atoms with E-state index in [2.05, 4.69) is 31.1 Å². The third-order valence-electron chi connectivity index (χ3n) is 8.66. The molecule has 2 aromatic carbocycles. The van der Waals surface area contributed by atoms with Gasteiger partial charge in [0.2, 0.25) is 0 Å². The van der Waals surface area contributed by atoms with Crippen LogP contribution in [0.5, 0.6) is 5.75 Å². The van der Waals surface area contributed by atoms with E-state index in [1.54, 1.807) is 26.8 Å². The molecule has 0 N–H and O–H groups in total. The van der Waals surface area contributed by atoms with Crippen molar-refractivity contribution in [2.45, 2.75) is 88.8 Å². The number of nitrogens with zero attached hydrogens (tertiary/aromatic N) is 2. The maximum Gasteiger partial charge on any atom is 0.420 e. The zero-order chi connectivity index (χ0) is 31.6. The molecule has 2 aromatic rings. The molecule has 0 radical (unpaired) electrons. The van der Waals surface area contributed by atoms with Gasteiger partial charge in [0, 0.05) is 12.0 Å². The smallest absolute Gasteiger partial charge is 0.420 e. The second-order valence-corrected chi connectivity index (χ2v) is 12.9. The summed E-state index contributed by atoms with van der Waals surface area (Å²) in [5.41, 5.74) is -0.340. The molecule has 1 heterocycles. The highest BCUT2D eigenvalue weighted by atomic mass is 19.4. The number of ether oxygens (including phenoxy) is 3. The van der Waals surface area contributed by atoms with Gasteiger partial charge >= 0.3 is 18.2 Å². The summed E-state index contributed by atoms with van der Waals surface area (Å²) in [5.74, 6) is -0.887. The number of benzene rings is 2. The Balaban J connectivity index is 1.53. The maximum absolute atomic E-state index is 14.6. The Morgan fingerprint density at radius 3 is 2.21 bits per heavy atom. The number of likely N-dealkylation sites (tertiary alicyclic amines) is 1. The van der Waals surface area contributed by atoms with Gasteiger partial charge in [-0.05, 0) is 90.1 Å². The highest BCUT2D eigenvalue weighted by molar-refractivity contribution is 5.82. The monoisotopic (exact) mass is 604 g/mol. The second-order valence-electron chi connectivity index (χ2n) is 12.9. The van der Waals surface area contributed by atoms with E-state index in [1.165, 1.54) is 29.7 Å². The average Bonchev–Trinajstić information content (AvgIpc) is 3.36. The largest absolute Gasteiger partial charge is 0.488 e.